The zero-order valence-electron chi connectivity index (χ0n) is 15.4. The van der Waals surface area contributed by atoms with Gasteiger partial charge in [-0.1, -0.05) is 49.7 Å². The molecule has 1 aliphatic rings. The molecule has 0 aliphatic heterocycles. The second-order valence-corrected chi connectivity index (χ2v) is 8.20. The number of aromatic nitrogens is 3. The van der Waals surface area contributed by atoms with Crippen LogP contribution < -0.4 is 10.9 Å². The van der Waals surface area contributed by atoms with Gasteiger partial charge in [0.05, 0.1) is 0 Å². The summed E-state index contributed by atoms with van der Waals surface area (Å²) < 4.78 is 15.2. The van der Waals surface area contributed by atoms with Crippen molar-refractivity contribution in [3.8, 4) is 0 Å². The molecule has 142 valence electrons. The molecule has 27 heavy (non-hydrogen) atoms. The van der Waals surface area contributed by atoms with Crippen molar-refractivity contribution in [3.63, 3.8) is 0 Å². The van der Waals surface area contributed by atoms with E-state index in [1.54, 1.807) is 12.1 Å². The number of anilines is 1. The van der Waals surface area contributed by atoms with Crippen LogP contribution in [-0.4, -0.2) is 21.1 Å². The van der Waals surface area contributed by atoms with Crippen molar-refractivity contribution in [3.05, 3.63) is 57.8 Å². The average Bonchev–Trinajstić information content (AvgIpc) is 3.11. The van der Waals surface area contributed by atoms with Gasteiger partial charge in [0.15, 0.2) is 0 Å². The third kappa shape index (κ3) is 3.60. The summed E-state index contributed by atoms with van der Waals surface area (Å²) >= 11 is 1.38. The Labute approximate surface area is 161 Å². The summed E-state index contributed by atoms with van der Waals surface area (Å²) in [5.41, 5.74) is 1.56. The fourth-order valence-corrected chi connectivity index (χ4v) is 4.79. The van der Waals surface area contributed by atoms with Crippen LogP contribution in [0.5, 0.6) is 0 Å². The molecule has 1 aliphatic carbocycles. The lowest BCUT2D eigenvalue weighted by atomic mass is 9.69. The molecule has 1 fully saturated rings. The molecule has 1 saturated carbocycles. The van der Waals surface area contributed by atoms with Crippen LogP contribution in [0.3, 0.4) is 0 Å². The molecule has 0 saturated heterocycles. The van der Waals surface area contributed by atoms with E-state index in [1.165, 1.54) is 34.4 Å². The SMILES string of the molecule is CCc1cc(=O)n2nc(NCC3(c4cccc(F)c4)CCCCC3)sc2n1. The lowest BCUT2D eigenvalue weighted by Gasteiger charge is -2.38. The van der Waals surface area contributed by atoms with Gasteiger partial charge in [0.2, 0.25) is 10.1 Å². The zero-order valence-corrected chi connectivity index (χ0v) is 16.2. The van der Waals surface area contributed by atoms with E-state index in [-0.39, 0.29) is 16.8 Å². The molecule has 3 aromatic rings. The van der Waals surface area contributed by atoms with Gasteiger partial charge < -0.3 is 5.32 Å². The van der Waals surface area contributed by atoms with Crippen LogP contribution in [0.1, 0.15) is 50.3 Å². The molecule has 0 radical (unpaired) electrons. The maximum absolute atomic E-state index is 13.8. The van der Waals surface area contributed by atoms with Crippen molar-refractivity contribution in [1.29, 1.82) is 0 Å². The van der Waals surface area contributed by atoms with Crippen LogP contribution in [0.15, 0.2) is 35.1 Å². The number of hydrogen-bond donors (Lipinski definition) is 1. The van der Waals surface area contributed by atoms with E-state index in [1.807, 2.05) is 13.0 Å². The highest BCUT2D eigenvalue weighted by Crippen LogP contribution is 2.40. The number of benzene rings is 1. The maximum atomic E-state index is 13.8. The van der Waals surface area contributed by atoms with E-state index in [9.17, 15) is 9.18 Å². The van der Waals surface area contributed by atoms with Gasteiger partial charge in [-0.05, 0) is 37.0 Å². The molecule has 0 atom stereocenters. The van der Waals surface area contributed by atoms with E-state index in [4.69, 9.17) is 0 Å². The number of aryl methyl sites for hydroxylation is 1. The Balaban J connectivity index is 1.62. The van der Waals surface area contributed by atoms with E-state index in [2.05, 4.69) is 15.4 Å². The number of nitrogens with zero attached hydrogens (tertiary/aromatic N) is 3. The highest BCUT2D eigenvalue weighted by atomic mass is 32.1. The van der Waals surface area contributed by atoms with Crippen LogP contribution >= 0.6 is 11.3 Å². The first-order valence-electron chi connectivity index (χ1n) is 9.49. The molecular formula is C20H23FN4OS. The molecule has 2 aromatic heterocycles. The summed E-state index contributed by atoms with van der Waals surface area (Å²) in [4.78, 5) is 17.3. The summed E-state index contributed by atoms with van der Waals surface area (Å²) in [6.07, 6.45) is 6.25. The number of nitrogens with one attached hydrogen (secondary N) is 1. The van der Waals surface area contributed by atoms with Crippen LogP contribution in [0, 0.1) is 5.82 Å². The number of fused-ring (bicyclic) bond motifs is 1. The lowest BCUT2D eigenvalue weighted by molar-refractivity contribution is 0.307. The molecule has 5 nitrogen and oxygen atoms in total. The van der Waals surface area contributed by atoms with Gasteiger partial charge in [-0.3, -0.25) is 4.79 Å². The monoisotopic (exact) mass is 386 g/mol. The Kier molecular flexibility index (Phi) is 4.95. The molecule has 1 aromatic carbocycles. The van der Waals surface area contributed by atoms with Crippen molar-refractivity contribution in [2.75, 3.05) is 11.9 Å². The molecular weight excluding hydrogens is 363 g/mol. The van der Waals surface area contributed by atoms with Crippen LogP contribution in [0.25, 0.3) is 4.96 Å². The first-order valence-corrected chi connectivity index (χ1v) is 10.3. The highest BCUT2D eigenvalue weighted by molar-refractivity contribution is 7.20. The summed E-state index contributed by atoms with van der Waals surface area (Å²) in [6, 6.07) is 8.49. The third-order valence-corrected chi connectivity index (χ3v) is 6.35. The summed E-state index contributed by atoms with van der Waals surface area (Å²) in [5, 5.41) is 8.48. The molecule has 0 unspecified atom stereocenters. The van der Waals surface area contributed by atoms with E-state index in [0.29, 0.717) is 16.6 Å². The van der Waals surface area contributed by atoms with Crippen LogP contribution in [-0.2, 0) is 11.8 Å². The average molecular weight is 386 g/mol. The van der Waals surface area contributed by atoms with Gasteiger partial charge >= 0.3 is 0 Å². The summed E-state index contributed by atoms with van der Waals surface area (Å²) in [5.74, 6) is -0.194. The van der Waals surface area contributed by atoms with Crippen molar-refractivity contribution in [2.24, 2.45) is 0 Å². The van der Waals surface area contributed by atoms with Crippen molar-refractivity contribution >= 4 is 21.4 Å². The lowest BCUT2D eigenvalue weighted by Crippen LogP contribution is -2.36. The first-order chi connectivity index (χ1) is 13.1. The van der Waals surface area contributed by atoms with Gasteiger partial charge in [0.25, 0.3) is 5.56 Å². The van der Waals surface area contributed by atoms with Gasteiger partial charge in [-0.25, -0.2) is 9.37 Å². The fraction of sp³-hybridized carbons (Fsp3) is 0.450. The Morgan fingerprint density at radius 1 is 1.26 bits per heavy atom. The minimum absolute atomic E-state index is 0.106. The normalized spacial score (nSPS) is 16.5. The highest BCUT2D eigenvalue weighted by Gasteiger charge is 2.34. The number of rotatable bonds is 5. The van der Waals surface area contributed by atoms with E-state index < -0.39 is 0 Å². The Hall–Kier alpha value is -2.28. The zero-order chi connectivity index (χ0) is 18.9. The van der Waals surface area contributed by atoms with E-state index in [0.717, 1.165) is 43.4 Å². The standard InChI is InChI=1S/C20H23FN4OS/c1-2-16-12-17(26)25-19(23-16)27-18(24-25)22-13-20(9-4-3-5-10-20)14-7-6-8-15(21)11-14/h6-8,11-12H,2-5,9-10,13H2,1H3,(H,22,24). The van der Waals surface area contributed by atoms with Gasteiger partial charge in [-0.2, -0.15) is 4.52 Å². The Morgan fingerprint density at radius 3 is 2.81 bits per heavy atom. The minimum atomic E-state index is -0.194. The molecule has 7 heteroatoms. The van der Waals surface area contributed by atoms with Crippen LogP contribution in [0.4, 0.5) is 9.52 Å². The Morgan fingerprint density at radius 2 is 2.07 bits per heavy atom. The van der Waals surface area contributed by atoms with Gasteiger partial charge in [0, 0.05) is 23.7 Å². The quantitative estimate of drug-likeness (QED) is 0.715. The molecule has 4 rings (SSSR count). The largest absolute Gasteiger partial charge is 0.359 e. The summed E-state index contributed by atoms with van der Waals surface area (Å²) in [7, 11) is 0. The van der Waals surface area contributed by atoms with E-state index >= 15 is 0 Å². The molecule has 0 amide bonds. The van der Waals surface area contributed by atoms with Crippen molar-refractivity contribution in [2.45, 2.75) is 50.9 Å². The predicted molar refractivity (Wildman–Crippen MR) is 106 cm³/mol. The molecule has 2 heterocycles. The summed E-state index contributed by atoms with van der Waals surface area (Å²) in [6.45, 7) is 2.65. The molecule has 0 spiro atoms. The van der Waals surface area contributed by atoms with Gasteiger partial charge in [-0.15, -0.1) is 5.10 Å². The fourth-order valence-electron chi connectivity index (χ4n) is 3.97. The van der Waals surface area contributed by atoms with Crippen LogP contribution in [0.2, 0.25) is 0 Å². The smallest absolute Gasteiger partial charge is 0.275 e. The number of halogens is 1. The second kappa shape index (κ2) is 7.38. The van der Waals surface area contributed by atoms with Crippen molar-refractivity contribution < 1.29 is 4.39 Å². The first kappa shape index (κ1) is 18.1. The topological polar surface area (TPSA) is 59.3 Å². The minimum Gasteiger partial charge on any atom is -0.359 e. The number of hydrogen-bond acceptors (Lipinski definition) is 5. The molecule has 0 bridgehead atoms. The third-order valence-electron chi connectivity index (χ3n) is 5.49. The Bertz CT molecular complexity index is 1010. The van der Waals surface area contributed by atoms with Crippen molar-refractivity contribution in [1.82, 2.24) is 14.6 Å². The van der Waals surface area contributed by atoms with Gasteiger partial charge in [0.1, 0.15) is 5.82 Å². The predicted octanol–water partition coefficient (Wildman–Crippen LogP) is 4.17. The second-order valence-electron chi connectivity index (χ2n) is 7.25. The molecule has 1 N–H and O–H groups in total. The maximum Gasteiger partial charge on any atom is 0.275 e.